The molecule has 4 N–H and O–H groups in total. The lowest BCUT2D eigenvalue weighted by Crippen LogP contribution is -2.40. The topological polar surface area (TPSA) is 114 Å². The largest absolute Gasteiger partial charge is 0.358 e. The zero-order valence-electron chi connectivity index (χ0n) is 10.3. The molecule has 1 aliphatic rings. The van der Waals surface area contributed by atoms with Crippen LogP contribution < -0.4 is 11.1 Å². The number of nitrogens with one attached hydrogen (secondary N) is 2. The molecule has 2 atom stereocenters. The molecule has 1 amide bonds. The number of aromatic amines is 1. The molecule has 2 unspecified atom stereocenters. The molecule has 1 fully saturated rings. The monoisotopic (exact) mass is 288 g/mol. The van der Waals surface area contributed by atoms with E-state index in [1.165, 1.54) is 12.1 Å². The van der Waals surface area contributed by atoms with Crippen LogP contribution in [0.3, 0.4) is 0 Å². The van der Waals surface area contributed by atoms with Gasteiger partial charge in [0.1, 0.15) is 0 Å². The van der Waals surface area contributed by atoms with Crippen molar-refractivity contribution in [3.63, 3.8) is 0 Å². The molecule has 0 spiro atoms. The average Bonchev–Trinajstić information content (AvgIpc) is 2.96. The Labute approximate surface area is 116 Å². The standard InChI is InChI=1S/C11H16N4O3.ClH/c12-6-7-2-1-3-8(7)14-11(16)9-4-5-10(13-9)15(17)18;/h4-5,7-8,13H,1-3,6,12H2,(H,14,16);1H. The predicted octanol–water partition coefficient (Wildman–Crippen LogP) is 1.20. The van der Waals surface area contributed by atoms with E-state index >= 15 is 0 Å². The smallest absolute Gasteiger partial charge is 0.321 e. The van der Waals surface area contributed by atoms with Crippen molar-refractivity contribution < 1.29 is 9.72 Å². The number of hydrogen-bond donors (Lipinski definition) is 3. The van der Waals surface area contributed by atoms with Gasteiger partial charge >= 0.3 is 5.82 Å². The fraction of sp³-hybridized carbons (Fsp3) is 0.545. The van der Waals surface area contributed by atoms with E-state index in [2.05, 4.69) is 10.3 Å². The maximum absolute atomic E-state index is 11.9. The lowest BCUT2D eigenvalue weighted by atomic mass is 10.0. The van der Waals surface area contributed by atoms with Gasteiger partial charge in [-0.2, -0.15) is 0 Å². The Hall–Kier alpha value is -1.60. The number of halogens is 1. The van der Waals surface area contributed by atoms with Crippen LogP contribution >= 0.6 is 12.4 Å². The number of carbonyl (C=O) groups excluding carboxylic acids is 1. The van der Waals surface area contributed by atoms with Crippen molar-refractivity contribution in [3.8, 4) is 0 Å². The molecule has 0 saturated heterocycles. The van der Waals surface area contributed by atoms with Crippen LogP contribution in [0, 0.1) is 16.0 Å². The highest BCUT2D eigenvalue weighted by Crippen LogP contribution is 2.24. The van der Waals surface area contributed by atoms with Crippen LogP contribution in [0.1, 0.15) is 29.8 Å². The highest BCUT2D eigenvalue weighted by Gasteiger charge is 2.28. The first-order chi connectivity index (χ1) is 8.61. The molecular formula is C11H17ClN4O3. The number of nitrogens with zero attached hydrogens (tertiary/aromatic N) is 1. The van der Waals surface area contributed by atoms with Crippen LogP contribution in [0.4, 0.5) is 5.82 Å². The summed E-state index contributed by atoms with van der Waals surface area (Å²) in [6.45, 7) is 0.551. The van der Waals surface area contributed by atoms with Gasteiger partial charge in [0.05, 0.1) is 0 Å². The molecule has 1 aromatic rings. The zero-order valence-corrected chi connectivity index (χ0v) is 11.1. The third-order valence-corrected chi connectivity index (χ3v) is 3.39. The summed E-state index contributed by atoms with van der Waals surface area (Å²) in [6.07, 6.45) is 2.99. The summed E-state index contributed by atoms with van der Waals surface area (Å²) in [5.74, 6) is -0.186. The van der Waals surface area contributed by atoms with Crippen LogP contribution in [0.5, 0.6) is 0 Å². The molecule has 106 valence electrons. The van der Waals surface area contributed by atoms with Crippen molar-refractivity contribution in [2.75, 3.05) is 6.54 Å². The summed E-state index contributed by atoms with van der Waals surface area (Å²) in [4.78, 5) is 24.3. The SMILES string of the molecule is Cl.NCC1CCCC1NC(=O)c1ccc([N+](=O)[O-])[nH]1. The van der Waals surface area contributed by atoms with Crippen LogP contribution in [0.15, 0.2) is 12.1 Å². The van der Waals surface area contributed by atoms with Crippen molar-refractivity contribution in [1.82, 2.24) is 10.3 Å². The van der Waals surface area contributed by atoms with Gasteiger partial charge in [-0.1, -0.05) is 6.42 Å². The van der Waals surface area contributed by atoms with Crippen molar-refractivity contribution in [2.45, 2.75) is 25.3 Å². The van der Waals surface area contributed by atoms with E-state index in [0.29, 0.717) is 12.5 Å². The first kappa shape index (κ1) is 15.5. The normalized spacial score (nSPS) is 21.7. The highest BCUT2D eigenvalue weighted by molar-refractivity contribution is 5.93. The maximum Gasteiger partial charge on any atom is 0.321 e. The summed E-state index contributed by atoms with van der Waals surface area (Å²) in [5.41, 5.74) is 5.85. The average molecular weight is 289 g/mol. The van der Waals surface area contributed by atoms with Crippen molar-refractivity contribution in [3.05, 3.63) is 27.9 Å². The van der Waals surface area contributed by atoms with Gasteiger partial charge in [0, 0.05) is 12.1 Å². The van der Waals surface area contributed by atoms with Crippen LogP contribution in [-0.2, 0) is 0 Å². The quantitative estimate of drug-likeness (QED) is 0.570. The third-order valence-electron chi connectivity index (χ3n) is 3.39. The Balaban J connectivity index is 0.00000180. The Morgan fingerprint density at radius 3 is 2.84 bits per heavy atom. The molecular weight excluding hydrogens is 272 g/mol. The fourth-order valence-electron chi connectivity index (χ4n) is 2.38. The summed E-state index contributed by atoms with van der Waals surface area (Å²) < 4.78 is 0. The second-order valence-electron chi connectivity index (χ2n) is 4.52. The number of amides is 1. The molecule has 1 saturated carbocycles. The third kappa shape index (κ3) is 3.45. The van der Waals surface area contributed by atoms with Gasteiger partial charge in [-0.25, -0.2) is 4.98 Å². The van der Waals surface area contributed by atoms with Crippen molar-refractivity contribution in [2.24, 2.45) is 11.7 Å². The van der Waals surface area contributed by atoms with Gasteiger partial charge in [0.2, 0.25) is 0 Å². The second-order valence-corrected chi connectivity index (χ2v) is 4.52. The molecule has 0 aromatic carbocycles. The van der Waals surface area contributed by atoms with Gasteiger partial charge in [0.25, 0.3) is 5.91 Å². The first-order valence-electron chi connectivity index (χ1n) is 5.96. The van der Waals surface area contributed by atoms with Crippen molar-refractivity contribution in [1.29, 1.82) is 0 Å². The molecule has 2 rings (SSSR count). The Morgan fingerprint density at radius 2 is 2.26 bits per heavy atom. The molecule has 1 aromatic heterocycles. The number of rotatable bonds is 4. The van der Waals surface area contributed by atoms with E-state index in [9.17, 15) is 14.9 Å². The van der Waals surface area contributed by atoms with E-state index in [0.717, 1.165) is 19.3 Å². The molecule has 1 aliphatic carbocycles. The molecule has 7 nitrogen and oxygen atoms in total. The van der Waals surface area contributed by atoms with E-state index < -0.39 is 4.92 Å². The molecule has 19 heavy (non-hydrogen) atoms. The van der Waals surface area contributed by atoms with Crippen LogP contribution in [0.2, 0.25) is 0 Å². The number of H-pyrrole nitrogens is 1. The fourth-order valence-corrected chi connectivity index (χ4v) is 2.38. The number of hydrogen-bond acceptors (Lipinski definition) is 4. The summed E-state index contributed by atoms with van der Waals surface area (Å²) in [7, 11) is 0. The van der Waals surface area contributed by atoms with Gasteiger partial charge in [-0.05, 0) is 36.3 Å². The number of nitrogens with two attached hydrogens (primary N) is 1. The Morgan fingerprint density at radius 1 is 1.53 bits per heavy atom. The predicted molar refractivity (Wildman–Crippen MR) is 72.3 cm³/mol. The van der Waals surface area contributed by atoms with Gasteiger partial charge in [0.15, 0.2) is 5.69 Å². The summed E-state index contributed by atoms with van der Waals surface area (Å²) in [5, 5.41) is 13.4. The summed E-state index contributed by atoms with van der Waals surface area (Å²) >= 11 is 0. The minimum Gasteiger partial charge on any atom is -0.358 e. The lowest BCUT2D eigenvalue weighted by Gasteiger charge is -2.18. The number of nitro groups is 1. The molecule has 8 heteroatoms. The van der Waals surface area contributed by atoms with Crippen LogP contribution in [-0.4, -0.2) is 28.4 Å². The molecule has 0 bridgehead atoms. The van der Waals surface area contributed by atoms with Gasteiger partial charge < -0.3 is 21.2 Å². The van der Waals surface area contributed by atoms with Crippen molar-refractivity contribution >= 4 is 24.1 Å². The Kier molecular flexibility index (Phi) is 5.31. The number of aromatic nitrogens is 1. The minimum absolute atomic E-state index is 0. The van der Waals surface area contributed by atoms with E-state index in [-0.39, 0.29) is 35.9 Å². The van der Waals surface area contributed by atoms with E-state index in [4.69, 9.17) is 5.73 Å². The van der Waals surface area contributed by atoms with Crippen LogP contribution in [0.25, 0.3) is 0 Å². The molecule has 0 radical (unpaired) electrons. The zero-order chi connectivity index (χ0) is 13.1. The Bertz CT molecular complexity index is 463. The number of carbonyl (C=O) groups is 1. The van der Waals surface area contributed by atoms with E-state index in [1.807, 2.05) is 0 Å². The minimum atomic E-state index is -0.560. The van der Waals surface area contributed by atoms with E-state index in [1.54, 1.807) is 0 Å². The van der Waals surface area contributed by atoms with Gasteiger partial charge in [-0.15, -0.1) is 12.4 Å². The molecule has 0 aliphatic heterocycles. The molecule has 1 heterocycles. The summed E-state index contributed by atoms with van der Waals surface area (Å²) in [6, 6.07) is 2.77. The second kappa shape index (κ2) is 6.53. The lowest BCUT2D eigenvalue weighted by molar-refractivity contribution is -0.389. The highest BCUT2D eigenvalue weighted by atomic mass is 35.5. The van der Waals surface area contributed by atoms with Gasteiger partial charge in [-0.3, -0.25) is 4.79 Å². The first-order valence-corrected chi connectivity index (χ1v) is 5.96. The maximum atomic E-state index is 11.9.